The molecule has 204 valence electrons. The molecule has 0 spiro atoms. The maximum atomic E-state index is 12.5. The lowest BCUT2D eigenvalue weighted by atomic mass is 10.1. The molecule has 13 heteroatoms. The summed E-state index contributed by atoms with van der Waals surface area (Å²) in [5.41, 5.74) is 3.85. The third kappa shape index (κ3) is 8.12. The van der Waals surface area contributed by atoms with E-state index >= 15 is 0 Å². The van der Waals surface area contributed by atoms with E-state index in [0.717, 1.165) is 39.9 Å². The number of aromatic amines is 1. The normalized spacial score (nSPS) is 12.7. The SMILES string of the molecule is C[C@H](COCCCCNCc1cc(CO)cc(OC(F)(F)F)c1)Nc1cc(-c2cnns2)cc2[nH]ncc12. The molecular formula is C25H29F3N6O3S. The van der Waals surface area contributed by atoms with E-state index in [1.54, 1.807) is 18.5 Å². The average Bonchev–Trinajstić information content (AvgIpc) is 3.57. The standard InChI is InChI=1S/C25H29F3N6O3S/c1-16(32-22-9-19(24-13-31-34-38-24)10-23-21(22)12-30-33-23)15-36-5-3-2-4-29-11-17-6-18(14-35)8-20(7-17)37-25(26,27)28/h6-10,12-13,16,29,32,35H,2-5,11,14-15H2,1H3,(H,30,33)/t16-/m1/s1. The molecule has 0 amide bonds. The Kier molecular flexibility index (Phi) is 9.50. The summed E-state index contributed by atoms with van der Waals surface area (Å²) in [6, 6.07) is 8.29. The largest absolute Gasteiger partial charge is 0.573 e. The van der Waals surface area contributed by atoms with Gasteiger partial charge >= 0.3 is 6.36 Å². The fourth-order valence-electron chi connectivity index (χ4n) is 3.98. The molecule has 0 saturated carbocycles. The summed E-state index contributed by atoms with van der Waals surface area (Å²) in [4.78, 5) is 0.971. The van der Waals surface area contributed by atoms with Crippen molar-refractivity contribution in [2.75, 3.05) is 25.1 Å². The van der Waals surface area contributed by atoms with Gasteiger partial charge in [0.05, 0.1) is 36.0 Å². The third-order valence-corrected chi connectivity index (χ3v) is 6.35. The first kappa shape index (κ1) is 27.8. The number of anilines is 1. The Morgan fingerprint density at radius 2 is 1.95 bits per heavy atom. The summed E-state index contributed by atoms with van der Waals surface area (Å²) in [6.07, 6.45) is 0.421. The number of fused-ring (bicyclic) bond motifs is 1. The van der Waals surface area contributed by atoms with Gasteiger partial charge in [0, 0.05) is 30.3 Å². The highest BCUT2D eigenvalue weighted by atomic mass is 32.1. The number of benzene rings is 2. The molecule has 4 rings (SSSR count). The minimum atomic E-state index is -4.78. The molecule has 1 atom stereocenters. The molecule has 0 radical (unpaired) electrons. The highest BCUT2D eigenvalue weighted by Gasteiger charge is 2.31. The summed E-state index contributed by atoms with van der Waals surface area (Å²) in [5.74, 6) is -0.335. The Labute approximate surface area is 221 Å². The maximum Gasteiger partial charge on any atom is 0.573 e. The van der Waals surface area contributed by atoms with Crippen LogP contribution >= 0.6 is 11.5 Å². The van der Waals surface area contributed by atoms with Crippen LogP contribution in [0.4, 0.5) is 18.9 Å². The van der Waals surface area contributed by atoms with Crippen molar-refractivity contribution in [2.24, 2.45) is 0 Å². The monoisotopic (exact) mass is 550 g/mol. The van der Waals surface area contributed by atoms with Gasteiger partial charge in [0.25, 0.3) is 0 Å². The number of hydrogen-bond acceptors (Lipinski definition) is 9. The van der Waals surface area contributed by atoms with Crippen LogP contribution in [-0.4, -0.2) is 57.1 Å². The molecular weight excluding hydrogens is 521 g/mol. The predicted octanol–water partition coefficient (Wildman–Crippen LogP) is 4.86. The van der Waals surface area contributed by atoms with Crippen LogP contribution in [0.1, 0.15) is 30.9 Å². The smallest absolute Gasteiger partial charge is 0.406 e. The number of H-pyrrole nitrogens is 1. The van der Waals surface area contributed by atoms with E-state index in [9.17, 15) is 18.3 Å². The molecule has 2 aromatic heterocycles. The molecule has 4 aromatic rings. The minimum Gasteiger partial charge on any atom is -0.406 e. The Morgan fingerprint density at radius 3 is 2.71 bits per heavy atom. The quantitative estimate of drug-likeness (QED) is 0.165. The van der Waals surface area contributed by atoms with Crippen LogP contribution in [0, 0.1) is 0 Å². The minimum absolute atomic E-state index is 0.0629. The Hall–Kier alpha value is -3.26. The van der Waals surface area contributed by atoms with Crippen LogP contribution in [0.5, 0.6) is 5.75 Å². The van der Waals surface area contributed by atoms with Crippen LogP contribution in [-0.2, 0) is 17.9 Å². The van der Waals surface area contributed by atoms with E-state index in [1.165, 1.54) is 23.7 Å². The number of aliphatic hydroxyl groups is 1. The van der Waals surface area contributed by atoms with Gasteiger partial charge in [-0.05, 0) is 78.8 Å². The summed E-state index contributed by atoms with van der Waals surface area (Å²) in [6.45, 7) is 3.83. The number of halogens is 3. The predicted molar refractivity (Wildman–Crippen MR) is 139 cm³/mol. The maximum absolute atomic E-state index is 12.5. The Morgan fingerprint density at radius 1 is 1.11 bits per heavy atom. The topological polar surface area (TPSA) is 117 Å². The van der Waals surface area contributed by atoms with Crippen LogP contribution in [0.3, 0.4) is 0 Å². The molecule has 0 unspecified atom stereocenters. The lowest BCUT2D eigenvalue weighted by Crippen LogP contribution is -2.22. The number of aromatic nitrogens is 4. The summed E-state index contributed by atoms with van der Waals surface area (Å²) in [7, 11) is 0. The summed E-state index contributed by atoms with van der Waals surface area (Å²) in [5, 5.41) is 28.1. The first-order chi connectivity index (χ1) is 18.3. The second-order valence-corrected chi connectivity index (χ2v) is 9.62. The zero-order valence-electron chi connectivity index (χ0n) is 20.7. The average molecular weight is 551 g/mol. The van der Waals surface area contributed by atoms with E-state index < -0.39 is 6.36 Å². The van der Waals surface area contributed by atoms with Crippen molar-refractivity contribution in [3.05, 3.63) is 53.9 Å². The van der Waals surface area contributed by atoms with Gasteiger partial charge in [0.15, 0.2) is 0 Å². The lowest BCUT2D eigenvalue weighted by Gasteiger charge is -2.17. The Balaban J connectivity index is 1.16. The van der Waals surface area contributed by atoms with Gasteiger partial charge in [-0.3, -0.25) is 5.10 Å². The van der Waals surface area contributed by atoms with Gasteiger partial charge in [-0.25, -0.2) is 0 Å². The zero-order valence-corrected chi connectivity index (χ0v) is 21.5. The van der Waals surface area contributed by atoms with Crippen molar-refractivity contribution in [3.8, 4) is 16.2 Å². The first-order valence-electron chi connectivity index (χ1n) is 12.1. The molecule has 4 N–H and O–H groups in total. The molecule has 0 fully saturated rings. The molecule has 2 aromatic carbocycles. The molecule has 0 saturated heterocycles. The van der Waals surface area contributed by atoms with Crippen molar-refractivity contribution < 1.29 is 27.8 Å². The van der Waals surface area contributed by atoms with Gasteiger partial charge in [0.2, 0.25) is 0 Å². The fraction of sp³-hybridized carbons (Fsp3) is 0.400. The van der Waals surface area contributed by atoms with Crippen molar-refractivity contribution >= 4 is 28.1 Å². The lowest BCUT2D eigenvalue weighted by molar-refractivity contribution is -0.274. The van der Waals surface area contributed by atoms with Gasteiger partial charge in [-0.1, -0.05) is 10.6 Å². The Bertz CT molecular complexity index is 1300. The molecule has 0 bridgehead atoms. The van der Waals surface area contributed by atoms with Crippen molar-refractivity contribution in [3.63, 3.8) is 0 Å². The molecule has 0 aliphatic heterocycles. The van der Waals surface area contributed by atoms with Crippen LogP contribution in [0.15, 0.2) is 42.7 Å². The van der Waals surface area contributed by atoms with E-state index in [2.05, 4.69) is 41.2 Å². The number of hydrogen-bond donors (Lipinski definition) is 4. The number of aliphatic hydroxyl groups excluding tert-OH is 1. The third-order valence-electron chi connectivity index (χ3n) is 5.64. The number of unbranched alkanes of at least 4 members (excludes halogenated alkanes) is 1. The van der Waals surface area contributed by atoms with Gasteiger partial charge in [-0.15, -0.1) is 18.3 Å². The number of rotatable bonds is 14. The molecule has 9 nitrogen and oxygen atoms in total. The number of nitrogens with one attached hydrogen (secondary N) is 3. The van der Waals surface area contributed by atoms with Gasteiger partial charge in [-0.2, -0.15) is 5.10 Å². The highest BCUT2D eigenvalue weighted by molar-refractivity contribution is 7.09. The van der Waals surface area contributed by atoms with E-state index in [4.69, 9.17) is 4.74 Å². The van der Waals surface area contributed by atoms with Crippen LogP contribution in [0.25, 0.3) is 21.3 Å². The van der Waals surface area contributed by atoms with E-state index in [0.29, 0.717) is 37.4 Å². The van der Waals surface area contributed by atoms with Gasteiger partial charge < -0.3 is 25.2 Å². The number of nitrogens with zero attached hydrogens (tertiary/aromatic N) is 3. The van der Waals surface area contributed by atoms with Crippen molar-refractivity contribution in [2.45, 2.75) is 45.3 Å². The zero-order chi connectivity index (χ0) is 27.0. The summed E-state index contributed by atoms with van der Waals surface area (Å²) >= 11 is 1.33. The highest BCUT2D eigenvalue weighted by Crippen LogP contribution is 2.31. The number of alkyl halides is 3. The van der Waals surface area contributed by atoms with E-state index in [-0.39, 0.29) is 18.4 Å². The second-order valence-electron chi connectivity index (χ2n) is 8.83. The fourth-order valence-corrected chi connectivity index (χ4v) is 4.48. The van der Waals surface area contributed by atoms with Crippen molar-refractivity contribution in [1.29, 1.82) is 0 Å². The summed E-state index contributed by atoms with van der Waals surface area (Å²) < 4.78 is 51.3. The molecule has 2 heterocycles. The number of ether oxygens (including phenoxy) is 2. The van der Waals surface area contributed by atoms with E-state index in [1.807, 2.05) is 13.0 Å². The van der Waals surface area contributed by atoms with Crippen molar-refractivity contribution in [1.82, 2.24) is 25.1 Å². The van der Waals surface area contributed by atoms with Crippen LogP contribution in [0.2, 0.25) is 0 Å². The van der Waals surface area contributed by atoms with Gasteiger partial charge in [0.1, 0.15) is 5.75 Å². The molecule has 38 heavy (non-hydrogen) atoms. The second kappa shape index (κ2) is 13.0. The van der Waals surface area contributed by atoms with Crippen LogP contribution < -0.4 is 15.4 Å². The molecule has 0 aliphatic carbocycles. The molecule has 0 aliphatic rings. The first-order valence-corrected chi connectivity index (χ1v) is 12.9.